The Morgan fingerprint density at radius 2 is 1.96 bits per heavy atom. The van der Waals surface area contributed by atoms with Crippen molar-refractivity contribution in [1.82, 2.24) is 5.32 Å². The number of amides is 1. The molecule has 1 aliphatic carbocycles. The molecule has 1 amide bonds. The Kier molecular flexibility index (Phi) is 5.60. The normalized spacial score (nSPS) is 16.2. The van der Waals surface area contributed by atoms with Crippen molar-refractivity contribution in [2.75, 3.05) is 11.6 Å². The molecule has 0 aliphatic heterocycles. The van der Waals surface area contributed by atoms with Crippen LogP contribution in [0.15, 0.2) is 18.2 Å². The van der Waals surface area contributed by atoms with Crippen LogP contribution in [0.3, 0.4) is 0 Å². The van der Waals surface area contributed by atoms with E-state index in [-0.39, 0.29) is 17.4 Å². The molecule has 1 aromatic carbocycles. The average Bonchev–Trinajstić information content (AvgIpc) is 3.20. The van der Waals surface area contributed by atoms with E-state index in [4.69, 9.17) is 8.92 Å². The molecule has 2 rings (SSSR count). The predicted molar refractivity (Wildman–Crippen MR) is 92.9 cm³/mol. The zero-order valence-corrected chi connectivity index (χ0v) is 15.5. The third kappa shape index (κ3) is 6.89. The van der Waals surface area contributed by atoms with Gasteiger partial charge < -0.3 is 14.0 Å². The zero-order valence-electron chi connectivity index (χ0n) is 14.7. The number of carbonyl (C=O) groups excluding carboxylic acids is 1. The Labute approximate surface area is 147 Å². The lowest BCUT2D eigenvalue weighted by molar-refractivity contribution is 0.0635. The van der Waals surface area contributed by atoms with Crippen molar-refractivity contribution in [3.8, 4) is 5.75 Å². The summed E-state index contributed by atoms with van der Waals surface area (Å²) in [5.41, 5.74) is -0.0909. The summed E-state index contributed by atoms with van der Waals surface area (Å²) >= 11 is 0. The van der Waals surface area contributed by atoms with E-state index in [9.17, 15) is 18.3 Å². The van der Waals surface area contributed by atoms with Crippen LogP contribution in [0.25, 0.3) is 0 Å². The van der Waals surface area contributed by atoms with E-state index >= 15 is 0 Å². The Morgan fingerprint density at radius 3 is 2.48 bits per heavy atom. The summed E-state index contributed by atoms with van der Waals surface area (Å²) in [6.45, 7) is 5.22. The lowest BCUT2D eigenvalue weighted by Gasteiger charge is -2.21. The monoisotopic (exact) mass is 372 g/mol. The first kappa shape index (κ1) is 19.5. The van der Waals surface area contributed by atoms with E-state index in [0.717, 1.165) is 19.1 Å². The predicted octanol–water partition coefficient (Wildman–Crippen LogP) is 2.11. The molecular formula is C16H24N2O6S. The van der Waals surface area contributed by atoms with Crippen LogP contribution < -0.4 is 14.8 Å². The molecule has 3 N–H and O–H groups in total. The van der Waals surface area contributed by atoms with Gasteiger partial charge in [0.15, 0.2) is 0 Å². The second-order valence-electron chi connectivity index (χ2n) is 7.01. The molecule has 8 nitrogen and oxygen atoms in total. The number of nitrogens with one attached hydrogen (secondary N) is 2. The van der Waals surface area contributed by atoms with Gasteiger partial charge in [0, 0.05) is 17.3 Å². The summed E-state index contributed by atoms with van der Waals surface area (Å²) in [6, 6.07) is 4.48. The third-order valence-electron chi connectivity index (χ3n) is 3.16. The fourth-order valence-corrected chi connectivity index (χ4v) is 2.54. The Bertz CT molecular complexity index is 737. The van der Waals surface area contributed by atoms with E-state index < -0.39 is 28.0 Å². The second kappa shape index (κ2) is 7.19. The van der Waals surface area contributed by atoms with Crippen LogP contribution in [0.2, 0.25) is 0 Å². The maximum absolute atomic E-state index is 11.9. The lowest BCUT2D eigenvalue weighted by atomic mass is 10.1. The van der Waals surface area contributed by atoms with Crippen LogP contribution in [0.5, 0.6) is 5.75 Å². The second-order valence-corrected chi connectivity index (χ2v) is 8.59. The molecule has 1 aromatic rings. The number of aliphatic hydroxyl groups is 1. The van der Waals surface area contributed by atoms with E-state index in [1.54, 1.807) is 20.8 Å². The minimum Gasteiger partial charge on any atom is -0.444 e. The smallest absolute Gasteiger partial charge is 0.412 e. The van der Waals surface area contributed by atoms with Gasteiger partial charge >= 0.3 is 16.2 Å². The number of carbonyl (C=O) groups is 1. The molecule has 25 heavy (non-hydrogen) atoms. The van der Waals surface area contributed by atoms with Gasteiger partial charge in [0.05, 0.1) is 6.26 Å². The Hall–Kier alpha value is -1.84. The maximum Gasteiger partial charge on any atom is 0.412 e. The molecule has 1 saturated carbocycles. The van der Waals surface area contributed by atoms with Crippen molar-refractivity contribution in [2.24, 2.45) is 0 Å². The summed E-state index contributed by atoms with van der Waals surface area (Å²) in [7, 11) is -3.76. The molecule has 140 valence electrons. The molecule has 0 aromatic heterocycles. The molecular weight excluding hydrogens is 348 g/mol. The van der Waals surface area contributed by atoms with Gasteiger partial charge in [-0.1, -0.05) is 0 Å². The molecule has 0 spiro atoms. The first-order valence-corrected chi connectivity index (χ1v) is 9.72. The Balaban J connectivity index is 2.22. The Morgan fingerprint density at radius 1 is 1.32 bits per heavy atom. The minimum atomic E-state index is -3.76. The zero-order chi connectivity index (χ0) is 18.8. The van der Waals surface area contributed by atoms with Crippen LogP contribution in [-0.2, 0) is 14.9 Å². The topological polar surface area (TPSA) is 114 Å². The molecule has 1 unspecified atom stereocenters. The van der Waals surface area contributed by atoms with Crippen molar-refractivity contribution >= 4 is 21.9 Å². The summed E-state index contributed by atoms with van der Waals surface area (Å²) in [6.07, 6.45) is 1.03. The van der Waals surface area contributed by atoms with Crippen LogP contribution in [0, 0.1) is 0 Å². The summed E-state index contributed by atoms with van der Waals surface area (Å²) in [5.74, 6) is -0.00195. The van der Waals surface area contributed by atoms with Crippen LogP contribution >= 0.6 is 0 Å². The number of aliphatic hydroxyl groups excluding tert-OH is 1. The average molecular weight is 372 g/mol. The third-order valence-corrected chi connectivity index (χ3v) is 3.64. The largest absolute Gasteiger partial charge is 0.444 e. The standard InChI is InChI=1S/C16H24N2O6S/c1-16(2,3)23-15(20)18-11-7-8-13(24-25(4,21)22)12(9-11)14(19)17-10-5-6-10/h7-10,14,17,19H,5-6H2,1-4H3,(H,18,20). The van der Waals surface area contributed by atoms with E-state index in [0.29, 0.717) is 5.69 Å². The SMILES string of the molecule is CC(C)(C)OC(=O)Nc1ccc(OS(C)(=O)=O)c(C(O)NC2CC2)c1. The number of hydrogen-bond acceptors (Lipinski definition) is 7. The van der Waals surface area contributed by atoms with Crippen LogP contribution in [-0.4, -0.2) is 37.5 Å². The van der Waals surface area contributed by atoms with Crippen molar-refractivity contribution in [3.05, 3.63) is 23.8 Å². The van der Waals surface area contributed by atoms with Gasteiger partial charge in [-0.3, -0.25) is 10.6 Å². The van der Waals surface area contributed by atoms with Crippen molar-refractivity contribution in [1.29, 1.82) is 0 Å². The van der Waals surface area contributed by atoms with Crippen LogP contribution in [0.1, 0.15) is 45.4 Å². The van der Waals surface area contributed by atoms with E-state index in [1.165, 1.54) is 18.2 Å². The number of benzene rings is 1. The molecule has 1 atom stereocenters. The number of anilines is 1. The van der Waals surface area contributed by atoms with Crippen molar-refractivity contribution < 1.29 is 27.2 Å². The molecule has 1 aliphatic rings. The van der Waals surface area contributed by atoms with Gasteiger partial charge in [0.25, 0.3) is 0 Å². The van der Waals surface area contributed by atoms with Gasteiger partial charge in [-0.25, -0.2) is 4.79 Å². The number of rotatable bonds is 6. The molecule has 0 saturated heterocycles. The van der Waals surface area contributed by atoms with E-state index in [1.807, 2.05) is 0 Å². The minimum absolute atomic E-state index is 0.00195. The molecule has 9 heteroatoms. The van der Waals surface area contributed by atoms with Crippen molar-refractivity contribution in [2.45, 2.75) is 51.5 Å². The highest BCUT2D eigenvalue weighted by molar-refractivity contribution is 7.86. The summed E-state index contributed by atoms with van der Waals surface area (Å²) in [5, 5.41) is 15.8. The van der Waals surface area contributed by atoms with Gasteiger partial charge in [-0.2, -0.15) is 8.42 Å². The molecule has 0 radical (unpaired) electrons. The maximum atomic E-state index is 11.9. The van der Waals surface area contributed by atoms with Gasteiger partial charge in [0.1, 0.15) is 17.6 Å². The first-order valence-electron chi connectivity index (χ1n) is 7.90. The molecule has 0 bridgehead atoms. The number of hydrogen-bond donors (Lipinski definition) is 3. The molecule has 1 fully saturated rings. The highest BCUT2D eigenvalue weighted by atomic mass is 32.2. The summed E-state index contributed by atoms with van der Waals surface area (Å²) in [4.78, 5) is 11.9. The number of ether oxygens (including phenoxy) is 1. The van der Waals surface area contributed by atoms with Crippen molar-refractivity contribution in [3.63, 3.8) is 0 Å². The van der Waals surface area contributed by atoms with Gasteiger partial charge in [-0.15, -0.1) is 0 Å². The summed E-state index contributed by atoms with van der Waals surface area (Å²) < 4.78 is 32.9. The fraction of sp³-hybridized carbons (Fsp3) is 0.562. The first-order chi connectivity index (χ1) is 11.4. The van der Waals surface area contributed by atoms with E-state index in [2.05, 4.69) is 10.6 Å². The fourth-order valence-electron chi connectivity index (χ4n) is 2.06. The highest BCUT2D eigenvalue weighted by Gasteiger charge is 2.27. The quantitative estimate of drug-likeness (QED) is 0.517. The van der Waals surface area contributed by atoms with Gasteiger partial charge in [0.2, 0.25) is 0 Å². The molecule has 0 heterocycles. The van der Waals surface area contributed by atoms with Crippen LogP contribution in [0.4, 0.5) is 10.5 Å². The highest BCUT2D eigenvalue weighted by Crippen LogP contribution is 2.31. The van der Waals surface area contributed by atoms with Gasteiger partial charge in [-0.05, 0) is 51.8 Å². The lowest BCUT2D eigenvalue weighted by Crippen LogP contribution is -2.27.